The van der Waals surface area contributed by atoms with Gasteiger partial charge in [-0.25, -0.2) is 4.98 Å². The first-order valence-electron chi connectivity index (χ1n) is 7.57. The number of pyridine rings is 1. The second kappa shape index (κ2) is 5.81. The highest BCUT2D eigenvalue weighted by Crippen LogP contribution is 2.36. The van der Waals surface area contributed by atoms with Gasteiger partial charge in [0.25, 0.3) is 0 Å². The third-order valence-electron chi connectivity index (χ3n) is 4.21. The molecule has 4 rings (SSSR count). The van der Waals surface area contributed by atoms with Crippen LogP contribution in [0.3, 0.4) is 0 Å². The van der Waals surface area contributed by atoms with E-state index >= 15 is 0 Å². The fraction of sp³-hybridized carbons (Fsp3) is 0.533. The monoisotopic (exact) mass is 318 g/mol. The summed E-state index contributed by atoms with van der Waals surface area (Å²) in [4.78, 5) is 6.58. The van der Waals surface area contributed by atoms with Gasteiger partial charge in [0.2, 0.25) is 11.0 Å². The van der Waals surface area contributed by atoms with Crippen molar-refractivity contribution in [2.45, 2.75) is 38.0 Å². The van der Waals surface area contributed by atoms with E-state index in [4.69, 9.17) is 9.47 Å². The minimum Gasteiger partial charge on any atom is -0.471 e. The van der Waals surface area contributed by atoms with Crippen molar-refractivity contribution in [1.29, 1.82) is 0 Å². The number of rotatable bonds is 3. The fourth-order valence-electron chi connectivity index (χ4n) is 3.25. The molecule has 2 fully saturated rings. The van der Waals surface area contributed by atoms with Gasteiger partial charge in [-0.15, -0.1) is 10.2 Å². The third kappa shape index (κ3) is 2.55. The van der Waals surface area contributed by atoms with E-state index in [2.05, 4.69) is 20.1 Å². The quantitative estimate of drug-likeness (QED) is 0.863. The van der Waals surface area contributed by atoms with Crippen LogP contribution in [-0.2, 0) is 4.74 Å². The van der Waals surface area contributed by atoms with Crippen LogP contribution in [0.25, 0.3) is 0 Å². The van der Waals surface area contributed by atoms with Crippen molar-refractivity contribution >= 4 is 16.5 Å². The maximum atomic E-state index is 6.04. The van der Waals surface area contributed by atoms with E-state index in [1.54, 1.807) is 17.5 Å². The Balaban J connectivity index is 1.51. The Hall–Kier alpha value is -1.73. The fourth-order valence-corrected chi connectivity index (χ4v) is 4.02. The van der Waals surface area contributed by atoms with Crippen LogP contribution in [0, 0.1) is 6.92 Å². The second-order valence-corrected chi connectivity index (χ2v) is 6.76. The zero-order valence-corrected chi connectivity index (χ0v) is 13.2. The number of ether oxygens (including phenoxy) is 2. The Labute approximate surface area is 133 Å². The summed E-state index contributed by atoms with van der Waals surface area (Å²) in [5, 5.41) is 10.4. The first kappa shape index (κ1) is 13.9. The van der Waals surface area contributed by atoms with Crippen LogP contribution in [0.5, 0.6) is 5.88 Å². The first-order valence-corrected chi connectivity index (χ1v) is 8.39. The van der Waals surface area contributed by atoms with E-state index in [1.165, 1.54) is 0 Å². The van der Waals surface area contributed by atoms with E-state index in [-0.39, 0.29) is 12.2 Å². The van der Waals surface area contributed by atoms with Crippen molar-refractivity contribution < 1.29 is 9.47 Å². The zero-order valence-electron chi connectivity index (χ0n) is 12.4. The largest absolute Gasteiger partial charge is 0.471 e. The van der Waals surface area contributed by atoms with E-state index in [0.29, 0.717) is 18.5 Å². The van der Waals surface area contributed by atoms with Crippen molar-refractivity contribution in [3.8, 4) is 5.88 Å². The summed E-state index contributed by atoms with van der Waals surface area (Å²) in [5.41, 5.74) is 0. The minimum absolute atomic E-state index is 0.0525. The van der Waals surface area contributed by atoms with Gasteiger partial charge in [-0.3, -0.25) is 0 Å². The summed E-state index contributed by atoms with van der Waals surface area (Å²) in [6.07, 6.45) is 3.89. The van der Waals surface area contributed by atoms with Gasteiger partial charge in [0.1, 0.15) is 17.2 Å². The molecule has 1 saturated carbocycles. The Kier molecular flexibility index (Phi) is 3.67. The van der Waals surface area contributed by atoms with Gasteiger partial charge in [-0.05, 0) is 25.8 Å². The smallest absolute Gasteiger partial charge is 0.213 e. The predicted octanol–water partition coefficient (Wildman–Crippen LogP) is 2.06. The molecule has 7 heteroatoms. The minimum atomic E-state index is 0.0525. The number of aromatic nitrogens is 3. The average molecular weight is 318 g/mol. The molecular weight excluding hydrogens is 300 g/mol. The molecule has 22 heavy (non-hydrogen) atoms. The van der Waals surface area contributed by atoms with Gasteiger partial charge in [0.15, 0.2) is 0 Å². The number of hydrogen-bond acceptors (Lipinski definition) is 7. The SMILES string of the molecule is Cc1nnc(N2CCO[C@H]3[C@H](Oc4ccccn4)CC[C@@H]32)s1. The van der Waals surface area contributed by atoms with Crippen LogP contribution in [0.1, 0.15) is 17.8 Å². The molecule has 2 aliphatic rings. The Morgan fingerprint density at radius 1 is 1.32 bits per heavy atom. The van der Waals surface area contributed by atoms with Crippen LogP contribution < -0.4 is 9.64 Å². The number of aryl methyl sites for hydroxylation is 1. The summed E-state index contributed by atoms with van der Waals surface area (Å²) in [6.45, 7) is 3.55. The van der Waals surface area contributed by atoms with E-state index in [1.807, 2.05) is 25.1 Å². The van der Waals surface area contributed by atoms with Crippen LogP contribution >= 0.6 is 11.3 Å². The van der Waals surface area contributed by atoms with Crippen molar-refractivity contribution in [1.82, 2.24) is 15.2 Å². The van der Waals surface area contributed by atoms with Crippen molar-refractivity contribution in [2.24, 2.45) is 0 Å². The van der Waals surface area contributed by atoms with Crippen molar-refractivity contribution in [3.05, 3.63) is 29.4 Å². The lowest BCUT2D eigenvalue weighted by molar-refractivity contribution is -0.0319. The average Bonchev–Trinajstić information content (AvgIpc) is 3.15. The number of nitrogens with zero attached hydrogens (tertiary/aromatic N) is 4. The summed E-state index contributed by atoms with van der Waals surface area (Å²) in [5.74, 6) is 0.667. The maximum Gasteiger partial charge on any atom is 0.213 e. The number of anilines is 1. The van der Waals surface area contributed by atoms with Gasteiger partial charge < -0.3 is 14.4 Å². The van der Waals surface area contributed by atoms with E-state index in [0.717, 1.165) is 29.5 Å². The van der Waals surface area contributed by atoms with Gasteiger partial charge in [-0.1, -0.05) is 17.4 Å². The first-order chi connectivity index (χ1) is 10.8. The van der Waals surface area contributed by atoms with Gasteiger partial charge in [-0.2, -0.15) is 0 Å². The molecule has 116 valence electrons. The van der Waals surface area contributed by atoms with Crippen LogP contribution in [0.2, 0.25) is 0 Å². The van der Waals surface area contributed by atoms with Crippen molar-refractivity contribution in [2.75, 3.05) is 18.1 Å². The highest BCUT2D eigenvalue weighted by Gasteiger charge is 2.45. The molecule has 3 atom stereocenters. The summed E-state index contributed by atoms with van der Waals surface area (Å²) < 4.78 is 12.0. The zero-order chi connectivity index (χ0) is 14.9. The Morgan fingerprint density at radius 3 is 3.05 bits per heavy atom. The molecular formula is C15H18N4O2S. The lowest BCUT2D eigenvalue weighted by Gasteiger charge is -2.38. The predicted molar refractivity (Wildman–Crippen MR) is 83.4 cm³/mol. The molecule has 0 unspecified atom stereocenters. The van der Waals surface area contributed by atoms with Gasteiger partial charge >= 0.3 is 0 Å². The highest BCUT2D eigenvalue weighted by atomic mass is 32.1. The van der Waals surface area contributed by atoms with Gasteiger partial charge in [0.05, 0.1) is 12.6 Å². The number of morpholine rings is 1. The Bertz CT molecular complexity index is 635. The molecule has 0 radical (unpaired) electrons. The standard InChI is InChI=1S/C15H18N4O2S/c1-10-17-18-15(22-10)19-8-9-20-14-11(19)5-6-12(14)21-13-4-2-3-7-16-13/h2-4,7,11-12,14H,5-6,8-9H2,1H3/t11-,12+,14+/m0/s1. The van der Waals surface area contributed by atoms with Gasteiger partial charge in [0, 0.05) is 18.8 Å². The molecule has 0 spiro atoms. The highest BCUT2D eigenvalue weighted by molar-refractivity contribution is 7.15. The van der Waals surface area contributed by atoms with E-state index < -0.39 is 0 Å². The maximum absolute atomic E-state index is 6.04. The lowest BCUT2D eigenvalue weighted by Crippen LogP contribution is -2.52. The second-order valence-electron chi connectivity index (χ2n) is 5.60. The molecule has 0 aromatic carbocycles. The summed E-state index contributed by atoms with van der Waals surface area (Å²) in [7, 11) is 0. The molecule has 6 nitrogen and oxygen atoms in total. The van der Waals surface area contributed by atoms with Crippen LogP contribution in [0.15, 0.2) is 24.4 Å². The van der Waals surface area contributed by atoms with Crippen LogP contribution in [-0.4, -0.2) is 46.6 Å². The van der Waals surface area contributed by atoms with Crippen LogP contribution in [0.4, 0.5) is 5.13 Å². The molecule has 1 aliphatic heterocycles. The number of hydrogen-bond donors (Lipinski definition) is 0. The molecule has 0 amide bonds. The van der Waals surface area contributed by atoms with Crippen molar-refractivity contribution in [3.63, 3.8) is 0 Å². The molecule has 0 N–H and O–H groups in total. The molecule has 2 aromatic heterocycles. The molecule has 1 aliphatic carbocycles. The normalized spacial score (nSPS) is 27.7. The number of fused-ring (bicyclic) bond motifs is 1. The van der Waals surface area contributed by atoms with E-state index in [9.17, 15) is 0 Å². The topological polar surface area (TPSA) is 60.4 Å². The summed E-state index contributed by atoms with van der Waals surface area (Å²) >= 11 is 1.64. The molecule has 1 saturated heterocycles. The third-order valence-corrected chi connectivity index (χ3v) is 5.08. The Morgan fingerprint density at radius 2 is 2.27 bits per heavy atom. The molecule has 0 bridgehead atoms. The molecule has 2 aromatic rings. The molecule has 3 heterocycles. The lowest BCUT2D eigenvalue weighted by atomic mass is 10.1. The summed E-state index contributed by atoms with van der Waals surface area (Å²) in [6, 6.07) is 6.03.